The Balaban J connectivity index is 0.00000172. The van der Waals surface area contributed by atoms with Gasteiger partial charge in [0, 0.05) is 25.2 Å². The molecule has 112 valence electrons. The summed E-state index contributed by atoms with van der Waals surface area (Å²) in [5, 5.41) is 0. The van der Waals surface area contributed by atoms with Crippen molar-refractivity contribution in [1.29, 1.82) is 0 Å². The summed E-state index contributed by atoms with van der Waals surface area (Å²) >= 11 is 0. The van der Waals surface area contributed by atoms with Crippen molar-refractivity contribution in [2.45, 2.75) is 66.7 Å². The first kappa shape index (κ1) is 18.5. The molecule has 20 heavy (non-hydrogen) atoms. The number of carbonyl (C=O) groups is 1. The zero-order valence-corrected chi connectivity index (χ0v) is 13.6. The molecule has 0 aromatic carbocycles. The van der Waals surface area contributed by atoms with Crippen LogP contribution in [0.3, 0.4) is 0 Å². The first-order valence-corrected chi connectivity index (χ1v) is 7.71. The second-order valence-corrected chi connectivity index (χ2v) is 4.41. The second kappa shape index (κ2) is 11.3. The predicted octanol–water partition coefficient (Wildman–Crippen LogP) is 4.31. The number of hydrogen-bond acceptors (Lipinski definition) is 3. The lowest BCUT2D eigenvalue weighted by Crippen LogP contribution is -2.01. The van der Waals surface area contributed by atoms with Gasteiger partial charge in [0.25, 0.3) is 0 Å². The van der Waals surface area contributed by atoms with Crippen molar-refractivity contribution in [3.05, 3.63) is 35.4 Å². The molecule has 1 aromatic rings. The highest BCUT2D eigenvalue weighted by atomic mass is 16.1. The van der Waals surface area contributed by atoms with Crippen LogP contribution >= 0.6 is 0 Å². The summed E-state index contributed by atoms with van der Waals surface area (Å²) in [4.78, 5) is 20.2. The zero-order chi connectivity index (χ0) is 15.4. The van der Waals surface area contributed by atoms with E-state index in [0.29, 0.717) is 12.8 Å². The molecule has 0 aliphatic rings. The van der Waals surface area contributed by atoms with Crippen molar-refractivity contribution in [2.24, 2.45) is 0 Å². The molecule has 1 heterocycles. The van der Waals surface area contributed by atoms with E-state index in [0.717, 1.165) is 36.2 Å². The van der Waals surface area contributed by atoms with Gasteiger partial charge in [0.15, 0.2) is 5.78 Å². The highest BCUT2D eigenvalue weighted by Crippen LogP contribution is 2.11. The fourth-order valence-electron chi connectivity index (χ4n) is 1.72. The Morgan fingerprint density at radius 1 is 1.15 bits per heavy atom. The van der Waals surface area contributed by atoms with Gasteiger partial charge in [0.05, 0.1) is 0 Å². The third-order valence-corrected chi connectivity index (χ3v) is 2.84. The molecule has 0 bridgehead atoms. The van der Waals surface area contributed by atoms with Gasteiger partial charge in [-0.25, -0.2) is 9.97 Å². The lowest BCUT2D eigenvalue weighted by molar-refractivity contribution is -0.114. The molecule has 0 unspecified atom stereocenters. The summed E-state index contributed by atoms with van der Waals surface area (Å²) in [6.45, 7) is 10.1. The molecule has 0 saturated carbocycles. The molecule has 0 radical (unpaired) electrons. The van der Waals surface area contributed by atoms with E-state index in [1.54, 1.807) is 6.08 Å². The van der Waals surface area contributed by atoms with E-state index in [1.165, 1.54) is 0 Å². The molecule has 0 aliphatic carbocycles. The largest absolute Gasteiger partial charge is 0.295 e. The minimum atomic E-state index is 0.184. The van der Waals surface area contributed by atoms with Crippen molar-refractivity contribution in [3.8, 4) is 0 Å². The van der Waals surface area contributed by atoms with Gasteiger partial charge >= 0.3 is 0 Å². The van der Waals surface area contributed by atoms with Gasteiger partial charge in [-0.3, -0.25) is 4.79 Å². The molecule has 0 saturated heterocycles. The number of allylic oxidation sites excluding steroid dienone is 2. The van der Waals surface area contributed by atoms with Crippen LogP contribution in [0.1, 0.15) is 65.3 Å². The van der Waals surface area contributed by atoms with Crippen molar-refractivity contribution >= 4 is 5.78 Å². The molecule has 0 amide bonds. The number of rotatable bonds is 7. The maximum absolute atomic E-state index is 11.5. The highest BCUT2D eigenvalue weighted by Gasteiger charge is 2.04. The smallest absolute Gasteiger partial charge is 0.155 e. The molecule has 1 rings (SSSR count). The number of aryl methyl sites for hydroxylation is 1. The summed E-state index contributed by atoms with van der Waals surface area (Å²) in [6.07, 6.45) is 9.67. The Bertz CT molecular complexity index is 408. The third kappa shape index (κ3) is 7.17. The Hall–Kier alpha value is -1.51. The monoisotopic (exact) mass is 276 g/mol. The number of hydrogen-bond donors (Lipinski definition) is 0. The van der Waals surface area contributed by atoms with E-state index in [-0.39, 0.29) is 5.78 Å². The van der Waals surface area contributed by atoms with E-state index in [1.807, 2.05) is 33.2 Å². The Morgan fingerprint density at radius 2 is 1.75 bits per heavy atom. The SMILES string of the molecule is CC.CCC/C(=C\C(=O)CC)Cc1ncc(CC)cn1. The standard InChI is InChI=1S/C15H22N2O.C2H6/c1-4-7-13(8-14(18)6-3)9-15-16-10-12(5-2)11-17-15;1-2/h8,10-11H,4-7,9H2,1-3H3;1-2H3/b13-8+;. The molecule has 0 aliphatic heterocycles. The topological polar surface area (TPSA) is 42.9 Å². The van der Waals surface area contributed by atoms with E-state index < -0.39 is 0 Å². The second-order valence-electron chi connectivity index (χ2n) is 4.41. The van der Waals surface area contributed by atoms with Gasteiger partial charge in [-0.05, 0) is 24.5 Å². The summed E-state index contributed by atoms with van der Waals surface area (Å²) in [5.74, 6) is 0.986. The van der Waals surface area contributed by atoms with Crippen molar-refractivity contribution < 1.29 is 4.79 Å². The number of nitrogens with zero attached hydrogens (tertiary/aromatic N) is 2. The molecule has 3 nitrogen and oxygen atoms in total. The van der Waals surface area contributed by atoms with Crippen molar-refractivity contribution in [2.75, 3.05) is 0 Å². The van der Waals surface area contributed by atoms with Gasteiger partial charge in [-0.15, -0.1) is 0 Å². The summed E-state index contributed by atoms with van der Waals surface area (Å²) in [5.41, 5.74) is 2.28. The van der Waals surface area contributed by atoms with E-state index in [2.05, 4.69) is 23.8 Å². The Kier molecular flexibility index (Phi) is 10.5. The van der Waals surface area contributed by atoms with Crippen LogP contribution in [-0.2, 0) is 17.6 Å². The molecule has 0 spiro atoms. The van der Waals surface area contributed by atoms with Gasteiger partial charge in [-0.1, -0.05) is 46.6 Å². The molecule has 1 aromatic heterocycles. The van der Waals surface area contributed by atoms with Gasteiger partial charge in [0.2, 0.25) is 0 Å². The van der Waals surface area contributed by atoms with Crippen LogP contribution in [0, 0.1) is 0 Å². The summed E-state index contributed by atoms with van der Waals surface area (Å²) in [7, 11) is 0. The number of carbonyl (C=O) groups excluding carboxylic acids is 1. The van der Waals surface area contributed by atoms with Crippen LogP contribution in [0.25, 0.3) is 0 Å². The number of aromatic nitrogens is 2. The maximum atomic E-state index is 11.5. The van der Waals surface area contributed by atoms with E-state index in [9.17, 15) is 4.79 Å². The van der Waals surface area contributed by atoms with E-state index in [4.69, 9.17) is 0 Å². The minimum absolute atomic E-state index is 0.184. The number of ketones is 1. The average Bonchev–Trinajstić information content (AvgIpc) is 2.50. The Morgan fingerprint density at radius 3 is 2.20 bits per heavy atom. The molecule has 3 heteroatoms. The fourth-order valence-corrected chi connectivity index (χ4v) is 1.72. The minimum Gasteiger partial charge on any atom is -0.295 e. The first-order valence-electron chi connectivity index (χ1n) is 7.71. The molecular formula is C17H28N2O. The lowest BCUT2D eigenvalue weighted by Gasteiger charge is -2.05. The zero-order valence-electron chi connectivity index (χ0n) is 13.6. The van der Waals surface area contributed by atoms with Crippen LogP contribution in [0.15, 0.2) is 24.0 Å². The summed E-state index contributed by atoms with van der Waals surface area (Å²) < 4.78 is 0. The highest BCUT2D eigenvalue weighted by molar-refractivity contribution is 5.90. The van der Waals surface area contributed by atoms with Gasteiger partial charge < -0.3 is 0 Å². The lowest BCUT2D eigenvalue weighted by atomic mass is 10.0. The summed E-state index contributed by atoms with van der Waals surface area (Å²) in [6, 6.07) is 0. The molecule has 0 fully saturated rings. The molecule has 0 atom stereocenters. The van der Waals surface area contributed by atoms with Crippen LogP contribution in [0.4, 0.5) is 0 Å². The third-order valence-electron chi connectivity index (χ3n) is 2.84. The Labute approximate surface area is 123 Å². The molecule has 0 N–H and O–H groups in total. The fraction of sp³-hybridized carbons (Fsp3) is 0.588. The van der Waals surface area contributed by atoms with Crippen LogP contribution in [0.2, 0.25) is 0 Å². The quantitative estimate of drug-likeness (QED) is 0.697. The normalized spacial score (nSPS) is 10.8. The van der Waals surface area contributed by atoms with Gasteiger partial charge in [-0.2, -0.15) is 0 Å². The van der Waals surface area contributed by atoms with Crippen LogP contribution in [-0.4, -0.2) is 15.8 Å². The van der Waals surface area contributed by atoms with Gasteiger partial charge in [0.1, 0.15) is 5.82 Å². The van der Waals surface area contributed by atoms with Crippen LogP contribution < -0.4 is 0 Å². The van der Waals surface area contributed by atoms with E-state index >= 15 is 0 Å². The molecular weight excluding hydrogens is 248 g/mol. The average molecular weight is 276 g/mol. The first-order chi connectivity index (χ1) is 9.69. The van der Waals surface area contributed by atoms with Crippen LogP contribution in [0.5, 0.6) is 0 Å². The van der Waals surface area contributed by atoms with Crippen molar-refractivity contribution in [3.63, 3.8) is 0 Å². The predicted molar refractivity (Wildman–Crippen MR) is 84.8 cm³/mol. The van der Waals surface area contributed by atoms with Crippen molar-refractivity contribution in [1.82, 2.24) is 9.97 Å². The maximum Gasteiger partial charge on any atom is 0.155 e.